The van der Waals surface area contributed by atoms with Crippen molar-refractivity contribution < 1.29 is 19.1 Å². The number of nitrogens with one attached hydrogen (secondary N) is 2. The number of aryl methyl sites for hydroxylation is 1. The molecular weight excluding hydrogens is 400 g/mol. The molecule has 0 heterocycles. The highest BCUT2D eigenvalue weighted by Crippen LogP contribution is 2.10. The van der Waals surface area contributed by atoms with E-state index in [4.69, 9.17) is 4.74 Å². The number of rotatable bonds is 7. The zero-order chi connectivity index (χ0) is 18.9. The molecule has 0 aromatic heterocycles. The molecule has 2 rings (SSSR count). The van der Waals surface area contributed by atoms with Crippen LogP contribution < -0.4 is 10.6 Å². The number of ether oxygens (including phenoxy) is 1. The molecule has 7 heteroatoms. The van der Waals surface area contributed by atoms with Crippen molar-refractivity contribution in [2.24, 2.45) is 0 Å². The maximum atomic E-state index is 11.9. The second-order valence-corrected chi connectivity index (χ2v) is 6.47. The van der Waals surface area contributed by atoms with Crippen LogP contribution in [0.1, 0.15) is 21.5 Å². The number of benzene rings is 2. The predicted molar refractivity (Wildman–Crippen MR) is 100 cm³/mol. The summed E-state index contributed by atoms with van der Waals surface area (Å²) in [5, 5.41) is 5.13. The normalized spacial score (nSPS) is 10.1. The van der Waals surface area contributed by atoms with E-state index in [2.05, 4.69) is 26.6 Å². The van der Waals surface area contributed by atoms with E-state index in [1.54, 1.807) is 24.3 Å². The van der Waals surface area contributed by atoms with Crippen molar-refractivity contribution in [3.8, 4) is 0 Å². The van der Waals surface area contributed by atoms with Crippen LogP contribution >= 0.6 is 15.9 Å². The van der Waals surface area contributed by atoms with Crippen molar-refractivity contribution in [1.29, 1.82) is 0 Å². The minimum atomic E-state index is -0.679. The molecule has 0 aliphatic carbocycles. The molecule has 2 N–H and O–H groups in total. The van der Waals surface area contributed by atoms with Crippen LogP contribution in [-0.2, 0) is 20.9 Å². The Morgan fingerprint density at radius 2 is 1.69 bits per heavy atom. The van der Waals surface area contributed by atoms with Crippen LogP contribution in [0.3, 0.4) is 0 Å². The predicted octanol–water partition coefficient (Wildman–Crippen LogP) is 2.35. The van der Waals surface area contributed by atoms with Crippen LogP contribution in [0.5, 0.6) is 0 Å². The third-order valence-corrected chi connectivity index (χ3v) is 4.13. The van der Waals surface area contributed by atoms with Gasteiger partial charge in [-0.2, -0.15) is 0 Å². The topological polar surface area (TPSA) is 84.5 Å². The van der Waals surface area contributed by atoms with Gasteiger partial charge in [-0.15, -0.1) is 0 Å². The van der Waals surface area contributed by atoms with Gasteiger partial charge in [-0.1, -0.05) is 40.2 Å². The fourth-order valence-corrected chi connectivity index (χ4v) is 2.37. The fourth-order valence-electron chi connectivity index (χ4n) is 2.11. The lowest BCUT2D eigenvalue weighted by molar-refractivity contribution is -0.147. The first kappa shape index (κ1) is 19.7. The van der Waals surface area contributed by atoms with E-state index >= 15 is 0 Å². The van der Waals surface area contributed by atoms with Gasteiger partial charge in [0.25, 0.3) is 11.8 Å². The molecule has 0 saturated carbocycles. The van der Waals surface area contributed by atoms with Gasteiger partial charge in [0.2, 0.25) is 0 Å². The second kappa shape index (κ2) is 9.72. The summed E-state index contributed by atoms with van der Waals surface area (Å²) >= 11 is 3.28. The number of esters is 1. The summed E-state index contributed by atoms with van der Waals surface area (Å²) in [5.41, 5.74) is 2.49. The maximum absolute atomic E-state index is 11.9. The first-order valence-electron chi connectivity index (χ1n) is 7.96. The van der Waals surface area contributed by atoms with Gasteiger partial charge in [0.15, 0.2) is 6.61 Å². The van der Waals surface area contributed by atoms with Gasteiger partial charge in [0.1, 0.15) is 6.54 Å². The number of carbonyl (C=O) groups is 3. The molecule has 0 atom stereocenters. The van der Waals surface area contributed by atoms with Gasteiger partial charge in [-0.3, -0.25) is 14.4 Å². The molecule has 0 spiro atoms. The lowest BCUT2D eigenvalue weighted by Crippen LogP contribution is -2.33. The van der Waals surface area contributed by atoms with Crippen LogP contribution in [0.4, 0.5) is 0 Å². The Bertz CT molecular complexity index is 790. The summed E-state index contributed by atoms with van der Waals surface area (Å²) in [6, 6.07) is 14.4. The molecule has 6 nitrogen and oxygen atoms in total. The van der Waals surface area contributed by atoms with Gasteiger partial charge >= 0.3 is 5.97 Å². The van der Waals surface area contributed by atoms with Crippen LogP contribution in [0, 0.1) is 6.92 Å². The fraction of sp³-hybridized carbons (Fsp3) is 0.211. The van der Waals surface area contributed by atoms with E-state index < -0.39 is 24.4 Å². The van der Waals surface area contributed by atoms with Gasteiger partial charge in [0, 0.05) is 16.6 Å². The lowest BCUT2D eigenvalue weighted by atomic mass is 10.1. The monoisotopic (exact) mass is 418 g/mol. The maximum Gasteiger partial charge on any atom is 0.325 e. The smallest absolute Gasteiger partial charge is 0.325 e. The van der Waals surface area contributed by atoms with E-state index in [1.807, 2.05) is 31.2 Å². The summed E-state index contributed by atoms with van der Waals surface area (Å²) in [5.74, 6) is -1.47. The molecule has 136 valence electrons. The summed E-state index contributed by atoms with van der Waals surface area (Å²) in [6.07, 6.45) is 0. The molecule has 0 saturated heterocycles. The van der Waals surface area contributed by atoms with E-state index in [0.717, 1.165) is 15.6 Å². The Morgan fingerprint density at radius 3 is 2.38 bits per heavy atom. The van der Waals surface area contributed by atoms with Gasteiger partial charge in [0.05, 0.1) is 0 Å². The number of hydrogen-bond donors (Lipinski definition) is 2. The second-order valence-electron chi connectivity index (χ2n) is 5.55. The molecule has 0 bridgehead atoms. The van der Waals surface area contributed by atoms with Crippen molar-refractivity contribution in [3.63, 3.8) is 0 Å². The first-order valence-corrected chi connectivity index (χ1v) is 8.75. The Kier molecular flexibility index (Phi) is 7.35. The summed E-state index contributed by atoms with van der Waals surface area (Å²) in [6.45, 7) is 1.62. The average Bonchev–Trinajstić information content (AvgIpc) is 2.64. The average molecular weight is 419 g/mol. The molecule has 26 heavy (non-hydrogen) atoms. The third kappa shape index (κ3) is 6.33. The zero-order valence-corrected chi connectivity index (χ0v) is 15.8. The van der Waals surface area contributed by atoms with E-state index in [9.17, 15) is 14.4 Å². The summed E-state index contributed by atoms with van der Waals surface area (Å²) in [7, 11) is 0. The van der Waals surface area contributed by atoms with E-state index in [-0.39, 0.29) is 6.54 Å². The van der Waals surface area contributed by atoms with Crippen molar-refractivity contribution in [2.45, 2.75) is 13.5 Å². The van der Waals surface area contributed by atoms with Crippen molar-refractivity contribution >= 4 is 33.7 Å². The largest absolute Gasteiger partial charge is 0.454 e. The minimum absolute atomic E-state index is 0.306. The quantitative estimate of drug-likeness (QED) is 0.675. The van der Waals surface area contributed by atoms with Gasteiger partial charge in [-0.05, 0) is 42.3 Å². The Labute approximate surface area is 160 Å². The molecule has 0 radical (unpaired) electrons. The van der Waals surface area contributed by atoms with Crippen LogP contribution in [0.25, 0.3) is 0 Å². The molecule has 0 aliphatic heterocycles. The standard InChI is InChI=1S/C19H19BrN2O4/c1-13-4-2-3-5-15(13)10-21-17(23)12-26-18(24)11-22-19(25)14-6-8-16(20)9-7-14/h2-9H,10-12H2,1H3,(H,21,23)(H,22,25). The third-order valence-electron chi connectivity index (χ3n) is 3.60. The highest BCUT2D eigenvalue weighted by atomic mass is 79.9. The molecule has 2 aromatic carbocycles. The molecule has 0 unspecified atom stereocenters. The Morgan fingerprint density at radius 1 is 1.00 bits per heavy atom. The van der Waals surface area contributed by atoms with Crippen LogP contribution in [0.2, 0.25) is 0 Å². The van der Waals surface area contributed by atoms with Crippen molar-refractivity contribution in [1.82, 2.24) is 10.6 Å². The Balaban J connectivity index is 1.68. The minimum Gasteiger partial charge on any atom is -0.454 e. The number of hydrogen-bond acceptors (Lipinski definition) is 4. The van der Waals surface area contributed by atoms with Crippen LogP contribution in [0.15, 0.2) is 53.0 Å². The number of halogens is 1. The summed E-state index contributed by atoms with van der Waals surface area (Å²) in [4.78, 5) is 35.3. The molecule has 2 amide bonds. The summed E-state index contributed by atoms with van der Waals surface area (Å²) < 4.78 is 5.71. The van der Waals surface area contributed by atoms with Crippen molar-refractivity contribution in [2.75, 3.05) is 13.2 Å². The Hall–Kier alpha value is -2.67. The lowest BCUT2D eigenvalue weighted by Gasteiger charge is -2.09. The van der Waals surface area contributed by atoms with E-state index in [0.29, 0.717) is 12.1 Å². The molecule has 0 aliphatic rings. The number of carbonyl (C=O) groups excluding carboxylic acids is 3. The highest BCUT2D eigenvalue weighted by Gasteiger charge is 2.11. The van der Waals surface area contributed by atoms with E-state index in [1.165, 1.54) is 0 Å². The number of amides is 2. The van der Waals surface area contributed by atoms with Gasteiger partial charge in [-0.25, -0.2) is 0 Å². The first-order chi connectivity index (χ1) is 12.5. The van der Waals surface area contributed by atoms with Crippen molar-refractivity contribution in [3.05, 3.63) is 69.7 Å². The SMILES string of the molecule is Cc1ccccc1CNC(=O)COC(=O)CNC(=O)c1ccc(Br)cc1. The molecular formula is C19H19BrN2O4. The highest BCUT2D eigenvalue weighted by molar-refractivity contribution is 9.10. The molecule has 2 aromatic rings. The van der Waals surface area contributed by atoms with Gasteiger partial charge < -0.3 is 15.4 Å². The molecule has 0 fully saturated rings. The van der Waals surface area contributed by atoms with Crippen LogP contribution in [-0.4, -0.2) is 30.9 Å². The zero-order valence-electron chi connectivity index (χ0n) is 14.3.